The number of nitrogens with zero attached hydrogens (tertiary/aromatic N) is 3. The van der Waals surface area contributed by atoms with Gasteiger partial charge in [-0.2, -0.15) is 0 Å². The Morgan fingerprint density at radius 2 is 2.39 bits per heavy atom. The molecule has 1 aromatic heterocycles. The van der Waals surface area contributed by atoms with Crippen LogP contribution in [0.2, 0.25) is 0 Å². The van der Waals surface area contributed by atoms with E-state index in [1.165, 1.54) is 24.9 Å². The quantitative estimate of drug-likeness (QED) is 0.787. The number of ether oxygens (including phenoxy) is 1. The number of fused-ring (bicyclic) bond motifs is 2. The Hall–Kier alpha value is -1.04. The van der Waals surface area contributed by atoms with Crippen molar-refractivity contribution >= 4 is 0 Å². The first-order valence-corrected chi connectivity index (χ1v) is 6.81. The molecule has 1 aromatic rings. The minimum atomic E-state index is 0.0604. The van der Waals surface area contributed by atoms with Gasteiger partial charge >= 0.3 is 0 Å². The number of hydrogen-bond donors (Lipinski definition) is 1. The Kier molecular flexibility index (Phi) is 2.57. The van der Waals surface area contributed by atoms with Crippen LogP contribution in [0.15, 0.2) is 6.20 Å². The van der Waals surface area contributed by atoms with Crippen LogP contribution in [0.4, 0.5) is 0 Å². The predicted molar refractivity (Wildman–Crippen MR) is 65.9 cm³/mol. The smallest absolute Gasteiger partial charge is 0.158 e. The third-order valence-corrected chi connectivity index (χ3v) is 4.26. The van der Waals surface area contributed by atoms with Gasteiger partial charge in [-0.05, 0) is 19.4 Å². The Balaban J connectivity index is 1.56. The molecule has 0 spiro atoms. The zero-order chi connectivity index (χ0) is 11.9. The molecule has 4 rings (SSSR count). The Morgan fingerprint density at radius 3 is 3.39 bits per heavy atom. The van der Waals surface area contributed by atoms with E-state index in [0.29, 0.717) is 6.04 Å². The fourth-order valence-electron chi connectivity index (χ4n) is 3.20. The normalized spacial score (nSPS) is 31.3. The minimum absolute atomic E-state index is 0.0604. The van der Waals surface area contributed by atoms with E-state index in [9.17, 15) is 0 Å². The molecule has 4 heterocycles. The van der Waals surface area contributed by atoms with Crippen molar-refractivity contribution in [3.8, 4) is 0 Å². The van der Waals surface area contributed by atoms with E-state index in [1.807, 2.05) is 6.20 Å². The maximum atomic E-state index is 5.95. The topological polar surface area (TPSA) is 50.3 Å². The van der Waals surface area contributed by atoms with Gasteiger partial charge in [0.25, 0.3) is 0 Å². The van der Waals surface area contributed by atoms with Crippen LogP contribution in [0.3, 0.4) is 0 Å². The van der Waals surface area contributed by atoms with Crippen LogP contribution in [0.5, 0.6) is 0 Å². The highest BCUT2D eigenvalue weighted by molar-refractivity contribution is 5.22. The van der Waals surface area contributed by atoms with Gasteiger partial charge in [-0.3, -0.25) is 4.90 Å². The van der Waals surface area contributed by atoms with Crippen molar-refractivity contribution in [2.24, 2.45) is 0 Å². The van der Waals surface area contributed by atoms with Crippen LogP contribution in [-0.2, 0) is 17.8 Å². The molecule has 5 heteroatoms. The Bertz CT molecular complexity index is 464. The Labute approximate surface area is 107 Å². The molecule has 5 nitrogen and oxygen atoms in total. The minimum Gasteiger partial charge on any atom is -0.367 e. The van der Waals surface area contributed by atoms with Gasteiger partial charge in [-0.1, -0.05) is 0 Å². The van der Waals surface area contributed by atoms with Crippen molar-refractivity contribution in [3.63, 3.8) is 0 Å². The van der Waals surface area contributed by atoms with Crippen molar-refractivity contribution in [3.05, 3.63) is 23.3 Å². The molecule has 0 bridgehead atoms. The zero-order valence-electron chi connectivity index (χ0n) is 10.4. The van der Waals surface area contributed by atoms with Gasteiger partial charge in [0.1, 0.15) is 6.10 Å². The van der Waals surface area contributed by atoms with Crippen molar-refractivity contribution in [1.82, 2.24) is 20.2 Å². The van der Waals surface area contributed by atoms with Crippen LogP contribution in [0.25, 0.3) is 0 Å². The van der Waals surface area contributed by atoms with Gasteiger partial charge in [0, 0.05) is 37.4 Å². The summed E-state index contributed by atoms with van der Waals surface area (Å²) in [5, 5.41) is 3.30. The molecule has 2 fully saturated rings. The maximum absolute atomic E-state index is 5.95. The fourth-order valence-corrected chi connectivity index (χ4v) is 3.20. The summed E-state index contributed by atoms with van der Waals surface area (Å²) in [7, 11) is 0. The lowest BCUT2D eigenvalue weighted by molar-refractivity contribution is -0.0542. The lowest BCUT2D eigenvalue weighted by Gasteiger charge is -2.34. The highest BCUT2D eigenvalue weighted by Crippen LogP contribution is 2.29. The molecule has 96 valence electrons. The number of aromatic nitrogens is 2. The molecule has 2 atom stereocenters. The predicted octanol–water partition coefficient (Wildman–Crippen LogP) is 0.615. The monoisotopic (exact) mass is 246 g/mol. The third-order valence-electron chi connectivity index (χ3n) is 4.26. The SMILES string of the molecule is c1nc(C2CN3CCCC3CO2)nc2c1CNC2. The van der Waals surface area contributed by atoms with E-state index in [1.54, 1.807) is 0 Å². The van der Waals surface area contributed by atoms with Gasteiger partial charge in [0.15, 0.2) is 5.82 Å². The fraction of sp³-hybridized carbons (Fsp3) is 0.692. The first-order valence-electron chi connectivity index (χ1n) is 6.81. The molecule has 3 aliphatic heterocycles. The molecular weight excluding hydrogens is 228 g/mol. The molecule has 0 aliphatic carbocycles. The molecule has 0 amide bonds. The van der Waals surface area contributed by atoms with Gasteiger partial charge in [-0.15, -0.1) is 0 Å². The summed E-state index contributed by atoms with van der Waals surface area (Å²) in [5.74, 6) is 0.864. The van der Waals surface area contributed by atoms with Crippen molar-refractivity contribution in [2.45, 2.75) is 38.1 Å². The number of morpholine rings is 1. The molecule has 2 unspecified atom stereocenters. The first-order chi connectivity index (χ1) is 8.90. The largest absolute Gasteiger partial charge is 0.367 e. The number of hydrogen-bond acceptors (Lipinski definition) is 5. The summed E-state index contributed by atoms with van der Waals surface area (Å²) < 4.78 is 5.95. The molecule has 2 saturated heterocycles. The van der Waals surface area contributed by atoms with Crippen LogP contribution in [-0.4, -0.2) is 40.6 Å². The maximum Gasteiger partial charge on any atom is 0.158 e. The second kappa shape index (κ2) is 4.26. The van der Waals surface area contributed by atoms with Gasteiger partial charge in [0.2, 0.25) is 0 Å². The summed E-state index contributed by atoms with van der Waals surface area (Å²) in [6, 6.07) is 0.636. The molecule has 0 aromatic carbocycles. The van der Waals surface area contributed by atoms with Crippen LogP contribution < -0.4 is 5.32 Å². The second-order valence-electron chi connectivity index (χ2n) is 5.42. The molecule has 0 saturated carbocycles. The average Bonchev–Trinajstić information content (AvgIpc) is 3.05. The summed E-state index contributed by atoms with van der Waals surface area (Å²) >= 11 is 0. The average molecular weight is 246 g/mol. The summed E-state index contributed by atoms with van der Waals surface area (Å²) in [4.78, 5) is 11.7. The van der Waals surface area contributed by atoms with E-state index in [0.717, 1.165) is 37.8 Å². The lowest BCUT2D eigenvalue weighted by atomic mass is 10.1. The van der Waals surface area contributed by atoms with Crippen molar-refractivity contribution in [2.75, 3.05) is 19.7 Å². The number of rotatable bonds is 1. The number of nitrogens with one attached hydrogen (secondary N) is 1. The van der Waals surface area contributed by atoms with E-state index >= 15 is 0 Å². The van der Waals surface area contributed by atoms with Crippen molar-refractivity contribution < 1.29 is 4.74 Å². The van der Waals surface area contributed by atoms with E-state index < -0.39 is 0 Å². The molecule has 18 heavy (non-hydrogen) atoms. The molecule has 1 N–H and O–H groups in total. The standard InChI is InChI=1S/C13H18N4O/c1-2-10-8-18-12(7-17(10)3-1)13-15-5-9-4-14-6-11(9)16-13/h5,10,12,14H,1-4,6-8H2. The van der Waals surface area contributed by atoms with Gasteiger partial charge < -0.3 is 10.1 Å². The molecule has 0 radical (unpaired) electrons. The lowest BCUT2D eigenvalue weighted by Crippen LogP contribution is -2.42. The van der Waals surface area contributed by atoms with Crippen LogP contribution >= 0.6 is 0 Å². The van der Waals surface area contributed by atoms with Crippen molar-refractivity contribution in [1.29, 1.82) is 0 Å². The third kappa shape index (κ3) is 1.74. The highest BCUT2D eigenvalue weighted by Gasteiger charge is 2.34. The van der Waals surface area contributed by atoms with Crippen LogP contribution in [0, 0.1) is 0 Å². The summed E-state index contributed by atoms with van der Waals surface area (Å²) in [6.07, 6.45) is 4.60. The van der Waals surface area contributed by atoms with Gasteiger partial charge in [-0.25, -0.2) is 9.97 Å². The Morgan fingerprint density at radius 1 is 1.39 bits per heavy atom. The highest BCUT2D eigenvalue weighted by atomic mass is 16.5. The van der Waals surface area contributed by atoms with E-state index in [2.05, 4.69) is 20.2 Å². The summed E-state index contributed by atoms with van der Waals surface area (Å²) in [6.45, 7) is 4.76. The van der Waals surface area contributed by atoms with Crippen LogP contribution in [0.1, 0.15) is 36.0 Å². The van der Waals surface area contributed by atoms with E-state index in [4.69, 9.17) is 4.74 Å². The van der Waals surface area contributed by atoms with E-state index in [-0.39, 0.29) is 6.10 Å². The molecule has 3 aliphatic rings. The second-order valence-corrected chi connectivity index (χ2v) is 5.42. The van der Waals surface area contributed by atoms with Gasteiger partial charge in [0.05, 0.1) is 12.3 Å². The zero-order valence-corrected chi connectivity index (χ0v) is 10.4. The molecular formula is C13H18N4O. The first kappa shape index (κ1) is 10.8. The summed E-state index contributed by atoms with van der Waals surface area (Å²) in [5.41, 5.74) is 2.38.